The van der Waals surface area contributed by atoms with Crippen LogP contribution in [0.5, 0.6) is 0 Å². The molecule has 1 aromatic rings. The van der Waals surface area contributed by atoms with Gasteiger partial charge >= 0.3 is 0 Å². The summed E-state index contributed by atoms with van der Waals surface area (Å²) in [5.74, 6) is 5.95. The highest BCUT2D eigenvalue weighted by atomic mass is 16.1. The number of nitrogens with one attached hydrogen (secondary N) is 2. The average Bonchev–Trinajstić information content (AvgIpc) is 3.09. The summed E-state index contributed by atoms with van der Waals surface area (Å²) >= 11 is 0. The summed E-state index contributed by atoms with van der Waals surface area (Å²) in [6.45, 7) is 0.776. The van der Waals surface area contributed by atoms with E-state index in [0.29, 0.717) is 17.2 Å². The minimum absolute atomic E-state index is 0.0598. The second-order valence-electron chi connectivity index (χ2n) is 3.84. The number of hydrogen-bond acceptors (Lipinski definition) is 3. The van der Waals surface area contributed by atoms with Crippen molar-refractivity contribution in [3.63, 3.8) is 0 Å². The molecule has 0 aliphatic heterocycles. The van der Waals surface area contributed by atoms with Gasteiger partial charge < -0.3 is 10.7 Å². The van der Waals surface area contributed by atoms with Gasteiger partial charge in [0.15, 0.2) is 0 Å². The van der Waals surface area contributed by atoms with Crippen molar-refractivity contribution >= 4 is 11.6 Å². The second-order valence-corrected chi connectivity index (χ2v) is 3.84. The van der Waals surface area contributed by atoms with E-state index in [9.17, 15) is 4.79 Å². The van der Waals surface area contributed by atoms with Crippen molar-refractivity contribution in [3.8, 4) is 0 Å². The van der Waals surface area contributed by atoms with E-state index in [4.69, 9.17) is 5.84 Å². The van der Waals surface area contributed by atoms with E-state index in [1.54, 1.807) is 12.1 Å². The summed E-state index contributed by atoms with van der Waals surface area (Å²) in [5.41, 5.74) is 3.77. The summed E-state index contributed by atoms with van der Waals surface area (Å²) in [6, 6.07) is 7.21. The molecule has 0 aromatic heterocycles. The molecule has 0 atom stereocenters. The van der Waals surface area contributed by atoms with E-state index in [-0.39, 0.29) is 5.91 Å². The van der Waals surface area contributed by atoms with Crippen LogP contribution in [0.25, 0.3) is 0 Å². The van der Waals surface area contributed by atoms with Crippen molar-refractivity contribution in [1.29, 1.82) is 0 Å². The fourth-order valence-corrected chi connectivity index (χ4v) is 1.46. The quantitative estimate of drug-likeness (QED) is 0.509. The summed E-state index contributed by atoms with van der Waals surface area (Å²) < 4.78 is 0. The van der Waals surface area contributed by atoms with Crippen molar-refractivity contribution in [2.45, 2.75) is 12.8 Å². The Hall–Kier alpha value is -1.55. The van der Waals surface area contributed by atoms with E-state index in [1.165, 1.54) is 12.8 Å². The molecule has 2 rings (SSSR count). The lowest BCUT2D eigenvalue weighted by molar-refractivity contribution is 0.0952. The van der Waals surface area contributed by atoms with Gasteiger partial charge in [0.2, 0.25) is 0 Å². The molecule has 1 aromatic carbocycles. The number of para-hydroxylation sites is 1. The Morgan fingerprint density at radius 3 is 2.80 bits per heavy atom. The van der Waals surface area contributed by atoms with Crippen molar-refractivity contribution in [2.24, 2.45) is 11.8 Å². The molecule has 4 N–H and O–H groups in total. The lowest BCUT2D eigenvalue weighted by atomic mass is 10.1. The summed E-state index contributed by atoms with van der Waals surface area (Å²) in [4.78, 5) is 11.7. The number of anilines is 1. The molecule has 0 saturated heterocycles. The van der Waals surface area contributed by atoms with Gasteiger partial charge in [0.25, 0.3) is 5.91 Å². The number of carbonyl (C=O) groups is 1. The molecule has 1 fully saturated rings. The molecule has 1 aliphatic rings. The van der Waals surface area contributed by atoms with Gasteiger partial charge in [-0.25, -0.2) is 0 Å². The Morgan fingerprint density at radius 2 is 2.13 bits per heavy atom. The first kappa shape index (κ1) is 9.98. The SMILES string of the molecule is NNc1ccccc1C(=O)NCC1CC1. The molecule has 4 nitrogen and oxygen atoms in total. The molecule has 4 heteroatoms. The van der Waals surface area contributed by atoms with Crippen molar-refractivity contribution in [3.05, 3.63) is 29.8 Å². The molecule has 1 saturated carbocycles. The molecular weight excluding hydrogens is 190 g/mol. The second kappa shape index (κ2) is 4.31. The van der Waals surface area contributed by atoms with Gasteiger partial charge in [0.1, 0.15) is 0 Å². The molecule has 0 unspecified atom stereocenters. The zero-order valence-electron chi connectivity index (χ0n) is 8.49. The number of benzene rings is 1. The van der Waals surface area contributed by atoms with E-state index >= 15 is 0 Å². The highest BCUT2D eigenvalue weighted by molar-refractivity contribution is 5.99. The molecule has 80 valence electrons. The van der Waals surface area contributed by atoms with Crippen LogP contribution in [0, 0.1) is 5.92 Å². The van der Waals surface area contributed by atoms with Crippen LogP contribution in [-0.2, 0) is 0 Å². The minimum Gasteiger partial charge on any atom is -0.352 e. The predicted octanol–water partition coefficient (Wildman–Crippen LogP) is 1.11. The number of hydrazine groups is 1. The third kappa shape index (κ3) is 2.47. The average molecular weight is 205 g/mol. The molecule has 0 radical (unpaired) electrons. The number of rotatable bonds is 4. The van der Waals surface area contributed by atoms with Crippen LogP contribution in [0.4, 0.5) is 5.69 Å². The maximum atomic E-state index is 11.7. The molecular formula is C11H15N3O. The molecule has 0 bridgehead atoms. The molecule has 1 aliphatic carbocycles. The predicted molar refractivity (Wildman–Crippen MR) is 59.3 cm³/mol. The summed E-state index contributed by atoms with van der Waals surface area (Å²) in [7, 11) is 0. The van der Waals surface area contributed by atoms with Gasteiger partial charge in [-0.3, -0.25) is 10.6 Å². The van der Waals surface area contributed by atoms with Gasteiger partial charge in [-0.1, -0.05) is 12.1 Å². The van der Waals surface area contributed by atoms with Gasteiger partial charge in [-0.05, 0) is 30.9 Å². The Bertz CT molecular complexity index is 361. The summed E-state index contributed by atoms with van der Waals surface area (Å²) in [6.07, 6.45) is 2.47. The van der Waals surface area contributed by atoms with Gasteiger partial charge in [0, 0.05) is 6.54 Å². The van der Waals surface area contributed by atoms with Gasteiger partial charge in [-0.2, -0.15) is 0 Å². The molecule has 0 heterocycles. The largest absolute Gasteiger partial charge is 0.352 e. The number of amides is 1. The van der Waals surface area contributed by atoms with Crippen LogP contribution >= 0.6 is 0 Å². The van der Waals surface area contributed by atoms with E-state index in [0.717, 1.165) is 6.54 Å². The zero-order chi connectivity index (χ0) is 10.7. The Kier molecular flexibility index (Phi) is 2.87. The zero-order valence-corrected chi connectivity index (χ0v) is 8.49. The monoisotopic (exact) mass is 205 g/mol. The maximum Gasteiger partial charge on any atom is 0.253 e. The van der Waals surface area contributed by atoms with E-state index in [1.807, 2.05) is 12.1 Å². The first-order chi connectivity index (χ1) is 7.31. The first-order valence-electron chi connectivity index (χ1n) is 5.15. The van der Waals surface area contributed by atoms with E-state index < -0.39 is 0 Å². The Labute approximate surface area is 88.8 Å². The molecule has 1 amide bonds. The van der Waals surface area contributed by atoms with Crippen molar-refractivity contribution in [1.82, 2.24) is 5.32 Å². The molecule has 15 heavy (non-hydrogen) atoms. The number of nitrogen functional groups attached to an aromatic ring is 1. The lowest BCUT2D eigenvalue weighted by Gasteiger charge is -2.08. The van der Waals surface area contributed by atoms with Crippen molar-refractivity contribution < 1.29 is 4.79 Å². The minimum atomic E-state index is -0.0598. The number of hydrogen-bond donors (Lipinski definition) is 3. The number of carbonyl (C=O) groups excluding carboxylic acids is 1. The Balaban J connectivity index is 2.02. The highest BCUT2D eigenvalue weighted by Gasteiger charge is 2.22. The van der Waals surface area contributed by atoms with E-state index in [2.05, 4.69) is 10.7 Å². The van der Waals surface area contributed by atoms with Crippen LogP contribution < -0.4 is 16.6 Å². The topological polar surface area (TPSA) is 67.1 Å². The third-order valence-corrected chi connectivity index (χ3v) is 2.58. The molecule has 0 spiro atoms. The number of nitrogens with two attached hydrogens (primary N) is 1. The lowest BCUT2D eigenvalue weighted by Crippen LogP contribution is -2.27. The normalized spacial score (nSPS) is 14.7. The smallest absolute Gasteiger partial charge is 0.253 e. The van der Waals surface area contributed by atoms with Gasteiger partial charge in [0.05, 0.1) is 11.3 Å². The maximum absolute atomic E-state index is 11.7. The standard InChI is InChI=1S/C11H15N3O/c12-14-10-4-2-1-3-9(10)11(15)13-7-8-5-6-8/h1-4,8,14H,5-7,12H2,(H,13,15). The van der Waals surface area contributed by atoms with Crippen LogP contribution in [0.2, 0.25) is 0 Å². The van der Waals surface area contributed by atoms with Gasteiger partial charge in [-0.15, -0.1) is 0 Å². The Morgan fingerprint density at radius 1 is 1.40 bits per heavy atom. The third-order valence-electron chi connectivity index (χ3n) is 2.58. The van der Waals surface area contributed by atoms with Crippen LogP contribution in [0.15, 0.2) is 24.3 Å². The van der Waals surface area contributed by atoms with Crippen molar-refractivity contribution in [2.75, 3.05) is 12.0 Å². The first-order valence-corrected chi connectivity index (χ1v) is 5.15. The van der Waals surface area contributed by atoms with Crippen LogP contribution in [0.1, 0.15) is 23.2 Å². The summed E-state index contributed by atoms with van der Waals surface area (Å²) in [5, 5.41) is 2.90. The van der Waals surface area contributed by atoms with Crippen LogP contribution in [-0.4, -0.2) is 12.5 Å². The highest BCUT2D eigenvalue weighted by Crippen LogP contribution is 2.27. The fraction of sp³-hybridized carbons (Fsp3) is 0.364. The fourth-order valence-electron chi connectivity index (χ4n) is 1.46. The van der Waals surface area contributed by atoms with Crippen LogP contribution in [0.3, 0.4) is 0 Å².